The molecule has 2 aliphatic heterocycles. The van der Waals surface area contributed by atoms with E-state index in [9.17, 15) is 4.79 Å². The van der Waals surface area contributed by atoms with Gasteiger partial charge in [0.1, 0.15) is 11.4 Å². The van der Waals surface area contributed by atoms with E-state index in [2.05, 4.69) is 9.88 Å². The molecule has 6 nitrogen and oxygen atoms in total. The SMILES string of the molecule is O=C(O)c1cccc(N2CCOC3(CCCOC3)C2)n1. The Balaban J connectivity index is 1.79. The number of hydrogen-bond donors (Lipinski definition) is 1. The Kier molecular flexibility index (Phi) is 3.58. The molecule has 3 rings (SSSR count). The van der Waals surface area contributed by atoms with Crippen LogP contribution in [0.1, 0.15) is 23.3 Å². The molecule has 1 atom stereocenters. The van der Waals surface area contributed by atoms with Crippen LogP contribution in [0.25, 0.3) is 0 Å². The summed E-state index contributed by atoms with van der Waals surface area (Å²) in [5, 5.41) is 9.02. The van der Waals surface area contributed by atoms with Crippen molar-refractivity contribution in [2.24, 2.45) is 0 Å². The molecule has 3 heterocycles. The predicted molar refractivity (Wildman–Crippen MR) is 72.1 cm³/mol. The van der Waals surface area contributed by atoms with Crippen molar-refractivity contribution in [2.75, 3.05) is 37.8 Å². The van der Waals surface area contributed by atoms with Crippen molar-refractivity contribution in [1.82, 2.24) is 4.98 Å². The molecule has 2 fully saturated rings. The Morgan fingerprint density at radius 1 is 1.40 bits per heavy atom. The van der Waals surface area contributed by atoms with Gasteiger partial charge in [-0.25, -0.2) is 9.78 Å². The molecule has 0 saturated carbocycles. The fraction of sp³-hybridized carbons (Fsp3) is 0.571. The fourth-order valence-corrected chi connectivity index (χ4v) is 2.82. The number of rotatable bonds is 2. The van der Waals surface area contributed by atoms with Crippen LogP contribution in [0.2, 0.25) is 0 Å². The second kappa shape index (κ2) is 5.38. The van der Waals surface area contributed by atoms with Gasteiger partial charge in [-0.05, 0) is 25.0 Å². The van der Waals surface area contributed by atoms with Gasteiger partial charge in [-0.1, -0.05) is 6.07 Å². The molecule has 0 aromatic carbocycles. The molecule has 1 N–H and O–H groups in total. The summed E-state index contributed by atoms with van der Waals surface area (Å²) in [5.74, 6) is -0.311. The van der Waals surface area contributed by atoms with E-state index >= 15 is 0 Å². The van der Waals surface area contributed by atoms with Crippen molar-refractivity contribution in [3.63, 3.8) is 0 Å². The minimum atomic E-state index is -1.00. The van der Waals surface area contributed by atoms with E-state index < -0.39 is 5.97 Å². The lowest BCUT2D eigenvalue weighted by atomic mass is 9.94. The predicted octanol–water partition coefficient (Wildman–Crippen LogP) is 1.17. The molecule has 1 aromatic rings. The molecule has 0 radical (unpaired) electrons. The Hall–Kier alpha value is -1.66. The zero-order valence-corrected chi connectivity index (χ0v) is 11.2. The van der Waals surface area contributed by atoms with Crippen LogP contribution in [0.4, 0.5) is 5.82 Å². The van der Waals surface area contributed by atoms with Crippen LogP contribution < -0.4 is 4.90 Å². The lowest BCUT2D eigenvalue weighted by Crippen LogP contribution is -2.56. The summed E-state index contributed by atoms with van der Waals surface area (Å²) in [6, 6.07) is 5.08. The first-order valence-electron chi connectivity index (χ1n) is 6.86. The molecule has 1 aromatic heterocycles. The number of carboxylic acids is 1. The summed E-state index contributed by atoms with van der Waals surface area (Å²) in [6.45, 7) is 3.42. The second-order valence-corrected chi connectivity index (χ2v) is 5.30. The number of nitrogens with zero attached hydrogens (tertiary/aromatic N) is 2. The number of aromatic nitrogens is 1. The number of anilines is 1. The van der Waals surface area contributed by atoms with Crippen molar-refractivity contribution in [3.05, 3.63) is 23.9 Å². The summed E-state index contributed by atoms with van der Waals surface area (Å²) in [4.78, 5) is 17.3. The molecule has 108 valence electrons. The first-order valence-corrected chi connectivity index (χ1v) is 6.86. The Morgan fingerprint density at radius 3 is 3.05 bits per heavy atom. The lowest BCUT2D eigenvalue weighted by molar-refractivity contribution is -0.133. The fourth-order valence-electron chi connectivity index (χ4n) is 2.82. The number of pyridine rings is 1. The van der Waals surface area contributed by atoms with Gasteiger partial charge in [0.05, 0.1) is 19.8 Å². The molecule has 1 spiro atoms. The highest BCUT2D eigenvalue weighted by Gasteiger charge is 2.39. The number of hydrogen-bond acceptors (Lipinski definition) is 5. The monoisotopic (exact) mass is 278 g/mol. The average Bonchev–Trinajstić information content (AvgIpc) is 2.48. The van der Waals surface area contributed by atoms with E-state index in [1.807, 2.05) is 6.07 Å². The van der Waals surface area contributed by atoms with Crippen molar-refractivity contribution in [2.45, 2.75) is 18.4 Å². The highest BCUT2D eigenvalue weighted by Crippen LogP contribution is 2.29. The van der Waals surface area contributed by atoms with Crippen molar-refractivity contribution < 1.29 is 19.4 Å². The quantitative estimate of drug-likeness (QED) is 0.875. The second-order valence-electron chi connectivity index (χ2n) is 5.30. The van der Waals surface area contributed by atoms with Crippen LogP contribution in [0.3, 0.4) is 0 Å². The van der Waals surface area contributed by atoms with Crippen molar-refractivity contribution in [1.29, 1.82) is 0 Å². The van der Waals surface area contributed by atoms with Gasteiger partial charge in [0.25, 0.3) is 0 Å². The van der Waals surface area contributed by atoms with Crippen molar-refractivity contribution >= 4 is 11.8 Å². The summed E-state index contributed by atoms with van der Waals surface area (Å²) >= 11 is 0. The van der Waals surface area contributed by atoms with E-state index in [-0.39, 0.29) is 11.3 Å². The molecule has 0 amide bonds. The van der Waals surface area contributed by atoms with E-state index in [0.29, 0.717) is 25.6 Å². The lowest BCUT2D eigenvalue weighted by Gasteiger charge is -2.45. The van der Waals surface area contributed by atoms with Crippen LogP contribution >= 0.6 is 0 Å². The third kappa shape index (κ3) is 2.62. The van der Waals surface area contributed by atoms with Crippen LogP contribution in [-0.4, -0.2) is 54.6 Å². The van der Waals surface area contributed by atoms with Gasteiger partial charge in [0.15, 0.2) is 5.69 Å². The van der Waals surface area contributed by atoms with Gasteiger partial charge in [0.2, 0.25) is 0 Å². The summed E-state index contributed by atoms with van der Waals surface area (Å²) in [5.41, 5.74) is -0.194. The molecule has 0 aliphatic carbocycles. The average molecular weight is 278 g/mol. The number of aromatic carboxylic acids is 1. The molecule has 20 heavy (non-hydrogen) atoms. The molecule has 6 heteroatoms. The normalized spacial score (nSPS) is 26.7. The summed E-state index contributed by atoms with van der Waals surface area (Å²) < 4.78 is 11.5. The van der Waals surface area contributed by atoms with Crippen LogP contribution in [-0.2, 0) is 9.47 Å². The number of carbonyl (C=O) groups is 1. The summed E-state index contributed by atoms with van der Waals surface area (Å²) in [7, 11) is 0. The maximum Gasteiger partial charge on any atom is 0.354 e. The third-order valence-electron chi connectivity index (χ3n) is 3.81. The first-order chi connectivity index (χ1) is 9.69. The molecule has 2 aliphatic rings. The zero-order valence-electron chi connectivity index (χ0n) is 11.2. The number of morpholine rings is 1. The molecular weight excluding hydrogens is 260 g/mol. The van der Waals surface area contributed by atoms with E-state index in [1.165, 1.54) is 6.07 Å². The maximum atomic E-state index is 11.0. The molecular formula is C14H18N2O4. The third-order valence-corrected chi connectivity index (χ3v) is 3.81. The Morgan fingerprint density at radius 2 is 2.30 bits per heavy atom. The van der Waals surface area contributed by atoms with E-state index in [0.717, 1.165) is 26.0 Å². The molecule has 0 bridgehead atoms. The van der Waals surface area contributed by atoms with Gasteiger partial charge in [-0.3, -0.25) is 0 Å². The zero-order chi connectivity index (χ0) is 14.0. The van der Waals surface area contributed by atoms with E-state index in [4.69, 9.17) is 14.6 Å². The van der Waals surface area contributed by atoms with Crippen molar-refractivity contribution in [3.8, 4) is 0 Å². The van der Waals surface area contributed by atoms with Gasteiger partial charge in [-0.2, -0.15) is 0 Å². The Bertz CT molecular complexity index is 494. The number of carboxylic acid groups (broad SMARTS) is 1. The minimum absolute atomic E-state index is 0.0722. The van der Waals surface area contributed by atoms with Gasteiger partial charge >= 0.3 is 5.97 Å². The van der Waals surface area contributed by atoms with Crippen LogP contribution in [0.15, 0.2) is 18.2 Å². The molecule has 1 unspecified atom stereocenters. The standard InChI is InChI=1S/C14H18N2O4/c17-13(18)11-3-1-4-12(15-11)16-6-8-20-14(9-16)5-2-7-19-10-14/h1,3-4H,2,5-10H2,(H,17,18). The first kappa shape index (κ1) is 13.3. The van der Waals surface area contributed by atoms with Gasteiger partial charge < -0.3 is 19.5 Å². The topological polar surface area (TPSA) is 71.9 Å². The Labute approximate surface area is 117 Å². The van der Waals surface area contributed by atoms with E-state index in [1.54, 1.807) is 6.07 Å². The molecule has 2 saturated heterocycles. The summed E-state index contributed by atoms with van der Waals surface area (Å²) in [6.07, 6.45) is 1.97. The highest BCUT2D eigenvalue weighted by molar-refractivity contribution is 5.85. The van der Waals surface area contributed by atoms with Crippen LogP contribution in [0.5, 0.6) is 0 Å². The largest absolute Gasteiger partial charge is 0.477 e. The van der Waals surface area contributed by atoms with Crippen LogP contribution in [0, 0.1) is 0 Å². The maximum absolute atomic E-state index is 11.0. The van der Waals surface area contributed by atoms with Gasteiger partial charge in [-0.15, -0.1) is 0 Å². The highest BCUT2D eigenvalue weighted by atomic mass is 16.5. The number of ether oxygens (including phenoxy) is 2. The smallest absolute Gasteiger partial charge is 0.354 e. The minimum Gasteiger partial charge on any atom is -0.477 e. The van der Waals surface area contributed by atoms with Gasteiger partial charge in [0, 0.05) is 13.2 Å².